The lowest BCUT2D eigenvalue weighted by Crippen LogP contribution is -2.22. The summed E-state index contributed by atoms with van der Waals surface area (Å²) in [7, 11) is -0.519. The lowest BCUT2D eigenvalue weighted by atomic mass is 10.1. The highest BCUT2D eigenvalue weighted by Crippen LogP contribution is 2.20. The molecule has 0 bridgehead atoms. The fourth-order valence-electron chi connectivity index (χ4n) is 2.86. The first kappa shape index (κ1) is 20.0. The second-order valence-electron chi connectivity index (χ2n) is 6.72. The van der Waals surface area contributed by atoms with E-state index in [2.05, 4.69) is 17.2 Å². The Kier molecular flexibility index (Phi) is 5.81. The van der Waals surface area contributed by atoms with E-state index >= 15 is 0 Å². The van der Waals surface area contributed by atoms with Gasteiger partial charge in [-0.15, -0.1) is 0 Å². The van der Waals surface area contributed by atoms with Crippen molar-refractivity contribution in [1.29, 1.82) is 0 Å². The highest BCUT2D eigenvalue weighted by molar-refractivity contribution is 7.89. The van der Waals surface area contributed by atoms with E-state index < -0.39 is 10.0 Å². The lowest BCUT2D eigenvalue weighted by molar-refractivity contribution is -0.116. The van der Waals surface area contributed by atoms with Crippen molar-refractivity contribution in [2.75, 3.05) is 19.4 Å². The number of anilines is 1. The largest absolute Gasteiger partial charge is 0.330 e. The third kappa shape index (κ3) is 4.23. The number of rotatable bonds is 7. The van der Waals surface area contributed by atoms with E-state index in [1.165, 1.54) is 24.0 Å². The van der Waals surface area contributed by atoms with Crippen LogP contribution in [0.5, 0.6) is 0 Å². The smallest absolute Gasteiger partial charge is 0.242 e. The molecule has 0 saturated heterocycles. The molecule has 1 heterocycles. The molecule has 0 spiro atoms. The molecule has 0 aliphatic heterocycles. The van der Waals surface area contributed by atoms with Crippen molar-refractivity contribution in [3.05, 3.63) is 54.4 Å². The van der Waals surface area contributed by atoms with E-state index in [9.17, 15) is 13.2 Å². The first-order valence-electron chi connectivity index (χ1n) is 9.07. The van der Waals surface area contributed by atoms with Crippen molar-refractivity contribution in [1.82, 2.24) is 13.9 Å². The Morgan fingerprint density at radius 1 is 1.14 bits per heavy atom. The average molecular weight is 401 g/mol. The minimum Gasteiger partial charge on any atom is -0.330 e. The molecule has 0 saturated carbocycles. The molecular weight excluding hydrogens is 376 g/mol. The van der Waals surface area contributed by atoms with Crippen LogP contribution in [0.4, 0.5) is 5.69 Å². The molecule has 1 amide bonds. The molecule has 8 heteroatoms. The predicted molar refractivity (Wildman–Crippen MR) is 110 cm³/mol. The molecule has 28 heavy (non-hydrogen) atoms. The quantitative estimate of drug-likeness (QED) is 0.661. The maximum Gasteiger partial charge on any atom is 0.242 e. The van der Waals surface area contributed by atoms with E-state index in [0.29, 0.717) is 18.5 Å². The SMILES string of the molecule is CCc1ccc(NC(=O)CCn2cnc3cc(S(=O)(=O)N(C)C)ccc32)cc1. The van der Waals surface area contributed by atoms with Crippen molar-refractivity contribution < 1.29 is 13.2 Å². The summed E-state index contributed by atoms with van der Waals surface area (Å²) in [5.41, 5.74) is 3.37. The standard InChI is InChI=1S/C20H24N4O3S/c1-4-15-5-7-16(8-6-15)22-20(25)11-12-24-14-21-18-13-17(9-10-19(18)24)28(26,27)23(2)3/h5-10,13-14H,4,11-12H2,1-3H3,(H,22,25). The Morgan fingerprint density at radius 2 is 1.86 bits per heavy atom. The summed E-state index contributed by atoms with van der Waals surface area (Å²) in [6.07, 6.45) is 2.87. The van der Waals surface area contributed by atoms with Gasteiger partial charge in [0, 0.05) is 32.7 Å². The molecule has 0 aliphatic rings. The van der Waals surface area contributed by atoms with Crippen LogP contribution in [0.15, 0.2) is 53.7 Å². The van der Waals surface area contributed by atoms with Crippen molar-refractivity contribution in [3.8, 4) is 0 Å². The van der Waals surface area contributed by atoms with E-state index in [-0.39, 0.29) is 10.8 Å². The predicted octanol–water partition coefficient (Wildman–Crippen LogP) is 2.88. The highest BCUT2D eigenvalue weighted by Gasteiger charge is 2.18. The number of aromatic nitrogens is 2. The third-order valence-electron chi connectivity index (χ3n) is 4.60. The minimum absolute atomic E-state index is 0.0853. The summed E-state index contributed by atoms with van der Waals surface area (Å²) in [6, 6.07) is 12.6. The van der Waals surface area contributed by atoms with Gasteiger partial charge in [-0.05, 0) is 42.3 Å². The van der Waals surface area contributed by atoms with E-state index in [1.807, 2.05) is 28.8 Å². The van der Waals surface area contributed by atoms with Crippen LogP contribution in [0.3, 0.4) is 0 Å². The zero-order chi connectivity index (χ0) is 20.3. The van der Waals surface area contributed by atoms with Gasteiger partial charge in [-0.2, -0.15) is 0 Å². The van der Waals surface area contributed by atoms with Gasteiger partial charge in [0.1, 0.15) is 0 Å². The fourth-order valence-corrected chi connectivity index (χ4v) is 3.78. The molecule has 1 N–H and O–H groups in total. The maximum absolute atomic E-state index is 12.2. The van der Waals surface area contributed by atoms with Crippen molar-refractivity contribution >= 4 is 32.7 Å². The Hall–Kier alpha value is -2.71. The van der Waals surface area contributed by atoms with E-state index in [1.54, 1.807) is 24.5 Å². The molecular formula is C20H24N4O3S. The molecule has 0 atom stereocenters. The number of amides is 1. The number of aryl methyl sites for hydroxylation is 2. The van der Waals surface area contributed by atoms with E-state index in [0.717, 1.165) is 17.6 Å². The van der Waals surface area contributed by atoms with Crippen LogP contribution in [0.25, 0.3) is 11.0 Å². The number of imidazole rings is 1. The van der Waals surface area contributed by atoms with E-state index in [4.69, 9.17) is 0 Å². The summed E-state index contributed by atoms with van der Waals surface area (Å²) in [5, 5.41) is 2.89. The van der Waals surface area contributed by atoms with Crippen LogP contribution in [0, 0.1) is 0 Å². The normalized spacial score (nSPS) is 11.9. The average Bonchev–Trinajstić information content (AvgIpc) is 3.09. The number of carbonyl (C=O) groups is 1. The second kappa shape index (κ2) is 8.12. The number of hydrogen-bond donors (Lipinski definition) is 1. The number of fused-ring (bicyclic) bond motifs is 1. The molecule has 0 radical (unpaired) electrons. The van der Waals surface area contributed by atoms with Crippen molar-refractivity contribution in [2.45, 2.75) is 31.2 Å². The summed E-state index contributed by atoms with van der Waals surface area (Å²) in [5.74, 6) is -0.0853. The van der Waals surface area contributed by atoms with Gasteiger partial charge in [-0.1, -0.05) is 19.1 Å². The monoisotopic (exact) mass is 400 g/mol. The topological polar surface area (TPSA) is 84.3 Å². The summed E-state index contributed by atoms with van der Waals surface area (Å²) >= 11 is 0. The Balaban J connectivity index is 1.68. The number of hydrogen-bond acceptors (Lipinski definition) is 4. The number of nitrogens with zero attached hydrogens (tertiary/aromatic N) is 3. The Bertz CT molecular complexity index is 1090. The van der Waals surface area contributed by atoms with Crippen LogP contribution in [-0.4, -0.2) is 42.3 Å². The number of carbonyl (C=O) groups excluding carboxylic acids is 1. The van der Waals surface area contributed by atoms with Gasteiger partial charge in [-0.3, -0.25) is 4.79 Å². The fraction of sp³-hybridized carbons (Fsp3) is 0.300. The number of nitrogens with one attached hydrogen (secondary N) is 1. The summed E-state index contributed by atoms with van der Waals surface area (Å²) in [6.45, 7) is 2.54. The Morgan fingerprint density at radius 3 is 2.50 bits per heavy atom. The molecule has 7 nitrogen and oxygen atoms in total. The molecule has 148 valence electrons. The zero-order valence-corrected chi connectivity index (χ0v) is 17.0. The highest BCUT2D eigenvalue weighted by atomic mass is 32.2. The first-order chi connectivity index (χ1) is 13.3. The molecule has 1 aromatic heterocycles. The molecule has 0 unspecified atom stereocenters. The van der Waals surface area contributed by atoms with Gasteiger partial charge in [0.15, 0.2) is 0 Å². The maximum atomic E-state index is 12.2. The Labute approximate surface area is 165 Å². The van der Waals surface area contributed by atoms with Gasteiger partial charge in [0.25, 0.3) is 0 Å². The molecule has 0 aliphatic carbocycles. The van der Waals surface area contributed by atoms with Crippen LogP contribution in [0.1, 0.15) is 18.9 Å². The number of sulfonamides is 1. The van der Waals surface area contributed by atoms with Gasteiger partial charge in [0.2, 0.25) is 15.9 Å². The summed E-state index contributed by atoms with van der Waals surface area (Å²) < 4.78 is 27.5. The third-order valence-corrected chi connectivity index (χ3v) is 6.41. The van der Waals surface area contributed by atoms with Gasteiger partial charge in [0.05, 0.1) is 22.3 Å². The molecule has 2 aromatic carbocycles. The van der Waals surface area contributed by atoms with Crippen LogP contribution in [-0.2, 0) is 27.8 Å². The zero-order valence-electron chi connectivity index (χ0n) is 16.2. The summed E-state index contributed by atoms with van der Waals surface area (Å²) in [4.78, 5) is 16.7. The minimum atomic E-state index is -3.50. The molecule has 3 aromatic rings. The van der Waals surface area contributed by atoms with Gasteiger partial charge < -0.3 is 9.88 Å². The van der Waals surface area contributed by atoms with Gasteiger partial charge >= 0.3 is 0 Å². The van der Waals surface area contributed by atoms with Crippen molar-refractivity contribution in [2.24, 2.45) is 0 Å². The number of benzene rings is 2. The first-order valence-corrected chi connectivity index (χ1v) is 10.5. The van der Waals surface area contributed by atoms with Crippen LogP contribution < -0.4 is 5.32 Å². The molecule has 0 fully saturated rings. The van der Waals surface area contributed by atoms with Crippen LogP contribution >= 0.6 is 0 Å². The van der Waals surface area contributed by atoms with Gasteiger partial charge in [-0.25, -0.2) is 17.7 Å². The second-order valence-corrected chi connectivity index (χ2v) is 8.88. The van der Waals surface area contributed by atoms with Crippen LogP contribution in [0.2, 0.25) is 0 Å². The lowest BCUT2D eigenvalue weighted by Gasteiger charge is -2.11. The molecule has 3 rings (SSSR count). The van der Waals surface area contributed by atoms with Crippen molar-refractivity contribution in [3.63, 3.8) is 0 Å².